The molecule has 0 aromatic heterocycles. The Balaban J connectivity index is 2.58. The van der Waals surface area contributed by atoms with Crippen molar-refractivity contribution in [3.8, 4) is 5.75 Å². The van der Waals surface area contributed by atoms with Gasteiger partial charge in [-0.3, -0.25) is 5.41 Å². The number of hydrogen-bond donors (Lipinski definition) is 3. The van der Waals surface area contributed by atoms with Gasteiger partial charge in [0.05, 0.1) is 5.54 Å². The van der Waals surface area contributed by atoms with Gasteiger partial charge in [0.15, 0.2) is 0 Å². The van der Waals surface area contributed by atoms with Gasteiger partial charge < -0.3 is 15.8 Å². The van der Waals surface area contributed by atoms with E-state index in [0.29, 0.717) is 5.75 Å². The van der Waals surface area contributed by atoms with Crippen molar-refractivity contribution in [1.29, 1.82) is 5.41 Å². The number of carbonyl (C=O) groups excluding carboxylic acids is 1. The summed E-state index contributed by atoms with van der Waals surface area (Å²) in [5, 5.41) is 9.77. The number of amides is 1. The number of nitrogens with two attached hydrogens (primary N) is 1. The molecule has 0 spiro atoms. The summed E-state index contributed by atoms with van der Waals surface area (Å²) in [6.45, 7) is 3.25. The average molecular weight is 221 g/mol. The van der Waals surface area contributed by atoms with E-state index in [2.05, 4.69) is 5.32 Å². The van der Waals surface area contributed by atoms with Crippen molar-refractivity contribution in [3.63, 3.8) is 0 Å². The molecule has 5 heteroatoms. The molecule has 0 aliphatic carbocycles. The number of amidine groups is 1. The van der Waals surface area contributed by atoms with E-state index < -0.39 is 11.6 Å². The van der Waals surface area contributed by atoms with Crippen LogP contribution in [0.15, 0.2) is 30.3 Å². The fourth-order valence-corrected chi connectivity index (χ4v) is 0.944. The van der Waals surface area contributed by atoms with Crippen LogP contribution in [0.1, 0.15) is 13.8 Å². The van der Waals surface area contributed by atoms with Gasteiger partial charge in [-0.25, -0.2) is 4.79 Å². The lowest BCUT2D eigenvalue weighted by Gasteiger charge is -2.23. The second-order valence-electron chi connectivity index (χ2n) is 3.87. The zero-order valence-corrected chi connectivity index (χ0v) is 9.28. The van der Waals surface area contributed by atoms with Gasteiger partial charge in [-0.05, 0) is 26.0 Å². The van der Waals surface area contributed by atoms with Crippen LogP contribution >= 0.6 is 0 Å². The maximum absolute atomic E-state index is 11.4. The molecule has 0 unspecified atom stereocenters. The maximum atomic E-state index is 11.4. The highest BCUT2D eigenvalue weighted by molar-refractivity contribution is 5.90. The third kappa shape index (κ3) is 3.27. The van der Waals surface area contributed by atoms with Gasteiger partial charge in [0, 0.05) is 0 Å². The molecule has 0 aliphatic rings. The number of hydrogen-bond acceptors (Lipinski definition) is 3. The van der Waals surface area contributed by atoms with E-state index in [9.17, 15) is 4.79 Å². The van der Waals surface area contributed by atoms with Crippen molar-refractivity contribution in [2.24, 2.45) is 5.73 Å². The number of benzene rings is 1. The van der Waals surface area contributed by atoms with Crippen molar-refractivity contribution >= 4 is 11.9 Å². The molecular formula is C11H15N3O2. The smallest absolute Gasteiger partial charge is 0.410 e. The number of para-hydroxylation sites is 1. The fourth-order valence-electron chi connectivity index (χ4n) is 0.944. The Labute approximate surface area is 94.1 Å². The fraction of sp³-hybridized carbons (Fsp3) is 0.273. The molecule has 0 fully saturated rings. The van der Waals surface area contributed by atoms with Crippen molar-refractivity contribution in [1.82, 2.24) is 5.32 Å². The van der Waals surface area contributed by atoms with Gasteiger partial charge in [0.25, 0.3) is 0 Å². The van der Waals surface area contributed by atoms with Crippen molar-refractivity contribution in [2.45, 2.75) is 19.4 Å². The van der Waals surface area contributed by atoms with Crippen molar-refractivity contribution in [3.05, 3.63) is 30.3 Å². The van der Waals surface area contributed by atoms with Gasteiger partial charge in [0.2, 0.25) is 0 Å². The molecule has 0 heterocycles. The first-order valence-electron chi connectivity index (χ1n) is 4.81. The lowest BCUT2D eigenvalue weighted by molar-refractivity contribution is 0.194. The Morgan fingerprint density at radius 3 is 2.44 bits per heavy atom. The van der Waals surface area contributed by atoms with Crippen molar-refractivity contribution in [2.75, 3.05) is 0 Å². The molecule has 0 bridgehead atoms. The molecule has 0 atom stereocenters. The number of rotatable bonds is 3. The third-order valence-corrected chi connectivity index (χ3v) is 2.04. The predicted octanol–water partition coefficient (Wildman–Crippen LogP) is 1.49. The molecule has 0 aliphatic heterocycles. The minimum atomic E-state index is -0.911. The highest BCUT2D eigenvalue weighted by atomic mass is 16.6. The Morgan fingerprint density at radius 2 is 1.94 bits per heavy atom. The molecule has 0 saturated heterocycles. The Morgan fingerprint density at radius 1 is 1.38 bits per heavy atom. The monoisotopic (exact) mass is 221 g/mol. The minimum absolute atomic E-state index is 0.127. The van der Waals surface area contributed by atoms with Crippen LogP contribution in [0.25, 0.3) is 0 Å². The molecule has 16 heavy (non-hydrogen) atoms. The zero-order chi connectivity index (χ0) is 12.2. The summed E-state index contributed by atoms with van der Waals surface area (Å²) in [7, 11) is 0. The Kier molecular flexibility index (Phi) is 3.50. The first kappa shape index (κ1) is 12.0. The topological polar surface area (TPSA) is 88.2 Å². The first-order valence-corrected chi connectivity index (χ1v) is 4.81. The maximum Gasteiger partial charge on any atom is 0.413 e. The highest BCUT2D eigenvalue weighted by Crippen LogP contribution is 2.09. The van der Waals surface area contributed by atoms with E-state index in [4.69, 9.17) is 15.9 Å². The second-order valence-corrected chi connectivity index (χ2v) is 3.87. The molecule has 86 valence electrons. The van der Waals surface area contributed by atoms with Crippen LogP contribution in [0.4, 0.5) is 4.79 Å². The average Bonchev–Trinajstić information content (AvgIpc) is 2.17. The van der Waals surface area contributed by atoms with E-state index in [-0.39, 0.29) is 5.84 Å². The van der Waals surface area contributed by atoms with Crippen molar-refractivity contribution < 1.29 is 9.53 Å². The number of nitrogens with one attached hydrogen (secondary N) is 2. The summed E-state index contributed by atoms with van der Waals surface area (Å²) in [4.78, 5) is 11.4. The normalized spacial score (nSPS) is 10.6. The van der Waals surface area contributed by atoms with Crippen LogP contribution < -0.4 is 15.8 Å². The minimum Gasteiger partial charge on any atom is -0.410 e. The molecule has 1 amide bonds. The quantitative estimate of drug-likeness (QED) is 0.533. The Bertz CT molecular complexity index is 387. The third-order valence-electron chi connectivity index (χ3n) is 2.04. The van der Waals surface area contributed by atoms with Crippen LogP contribution in [-0.2, 0) is 0 Å². The number of carbonyl (C=O) groups is 1. The van der Waals surface area contributed by atoms with Gasteiger partial charge in [0.1, 0.15) is 11.6 Å². The summed E-state index contributed by atoms with van der Waals surface area (Å²) in [6, 6.07) is 8.68. The van der Waals surface area contributed by atoms with E-state index >= 15 is 0 Å². The predicted molar refractivity (Wildman–Crippen MR) is 61.6 cm³/mol. The lowest BCUT2D eigenvalue weighted by atomic mass is 10.1. The number of ether oxygens (including phenoxy) is 1. The summed E-state index contributed by atoms with van der Waals surface area (Å²) in [5.41, 5.74) is 4.41. The SMILES string of the molecule is CC(C)(NC(=O)Oc1ccccc1)C(=N)N. The second kappa shape index (κ2) is 4.65. The molecule has 5 nitrogen and oxygen atoms in total. The standard InChI is InChI=1S/C11H15N3O2/c1-11(2,9(12)13)14-10(15)16-8-6-4-3-5-7-8/h3-7H,1-2H3,(H3,12,13)(H,14,15). The molecular weight excluding hydrogens is 206 g/mol. The summed E-state index contributed by atoms with van der Waals surface area (Å²) < 4.78 is 5.00. The lowest BCUT2D eigenvalue weighted by Crippen LogP contribution is -2.53. The molecule has 0 saturated carbocycles. The Hall–Kier alpha value is -2.04. The summed E-state index contributed by atoms with van der Waals surface area (Å²) in [5.74, 6) is 0.317. The molecule has 1 rings (SSSR count). The molecule has 4 N–H and O–H groups in total. The molecule has 1 aromatic rings. The molecule has 1 aromatic carbocycles. The van der Waals surface area contributed by atoms with E-state index in [1.54, 1.807) is 38.1 Å². The summed E-state index contributed by atoms with van der Waals surface area (Å²) in [6.07, 6.45) is -0.633. The largest absolute Gasteiger partial charge is 0.413 e. The van der Waals surface area contributed by atoms with Crippen LogP contribution in [0.5, 0.6) is 5.75 Å². The van der Waals surface area contributed by atoms with E-state index in [0.717, 1.165) is 0 Å². The van der Waals surface area contributed by atoms with Crippen LogP contribution in [0, 0.1) is 5.41 Å². The van der Waals surface area contributed by atoms with Crippen LogP contribution in [0.2, 0.25) is 0 Å². The van der Waals surface area contributed by atoms with Gasteiger partial charge in [-0.15, -0.1) is 0 Å². The van der Waals surface area contributed by atoms with Crippen LogP contribution in [0.3, 0.4) is 0 Å². The van der Waals surface area contributed by atoms with Gasteiger partial charge >= 0.3 is 6.09 Å². The first-order chi connectivity index (χ1) is 7.42. The van der Waals surface area contributed by atoms with Gasteiger partial charge in [-0.1, -0.05) is 18.2 Å². The van der Waals surface area contributed by atoms with Crippen LogP contribution in [-0.4, -0.2) is 17.5 Å². The van der Waals surface area contributed by atoms with E-state index in [1.807, 2.05) is 6.07 Å². The highest BCUT2D eigenvalue weighted by Gasteiger charge is 2.24. The van der Waals surface area contributed by atoms with Gasteiger partial charge in [-0.2, -0.15) is 0 Å². The van der Waals surface area contributed by atoms with E-state index in [1.165, 1.54) is 0 Å². The summed E-state index contributed by atoms with van der Waals surface area (Å²) >= 11 is 0. The zero-order valence-electron chi connectivity index (χ0n) is 9.28. The molecule has 0 radical (unpaired) electrons.